The predicted octanol–water partition coefficient (Wildman–Crippen LogP) is 3.55. The minimum Gasteiger partial charge on any atom is -0.309 e. The van der Waals surface area contributed by atoms with Crippen molar-refractivity contribution < 1.29 is 4.39 Å². The summed E-state index contributed by atoms with van der Waals surface area (Å²) < 4.78 is 13.3. The van der Waals surface area contributed by atoms with Crippen LogP contribution < -0.4 is 5.32 Å². The fourth-order valence-corrected chi connectivity index (χ4v) is 2.45. The number of benzene rings is 1. The van der Waals surface area contributed by atoms with Gasteiger partial charge in [-0.3, -0.25) is 0 Å². The Bertz CT molecular complexity index is 363. The first kappa shape index (κ1) is 16.4. The highest BCUT2D eigenvalue weighted by molar-refractivity contribution is 6.30. The number of rotatable bonds is 7. The summed E-state index contributed by atoms with van der Waals surface area (Å²) in [5, 5.41) is 3.94. The number of nitrogens with one attached hydrogen (secondary N) is 1. The van der Waals surface area contributed by atoms with Crippen molar-refractivity contribution in [2.24, 2.45) is 5.92 Å². The van der Waals surface area contributed by atoms with E-state index in [0.29, 0.717) is 23.5 Å². The lowest BCUT2D eigenvalue weighted by Gasteiger charge is -2.24. The van der Waals surface area contributed by atoms with Crippen LogP contribution in [0.2, 0.25) is 5.02 Å². The van der Waals surface area contributed by atoms with Gasteiger partial charge in [-0.2, -0.15) is 0 Å². The van der Waals surface area contributed by atoms with Crippen molar-refractivity contribution in [2.75, 3.05) is 20.6 Å². The van der Waals surface area contributed by atoms with E-state index in [9.17, 15) is 4.39 Å². The normalized spacial score (nSPS) is 13.3. The van der Waals surface area contributed by atoms with Gasteiger partial charge in [-0.25, -0.2) is 4.39 Å². The van der Waals surface area contributed by atoms with Crippen LogP contribution in [-0.4, -0.2) is 31.6 Å². The molecule has 108 valence electrons. The van der Waals surface area contributed by atoms with Gasteiger partial charge in [0.1, 0.15) is 5.82 Å². The summed E-state index contributed by atoms with van der Waals surface area (Å²) in [5.74, 6) is 0.353. The number of hydrogen-bond donors (Lipinski definition) is 1. The quantitative estimate of drug-likeness (QED) is 0.825. The van der Waals surface area contributed by atoms with E-state index in [4.69, 9.17) is 11.6 Å². The molecule has 2 nitrogen and oxygen atoms in total. The summed E-state index contributed by atoms with van der Waals surface area (Å²) in [7, 11) is 4.13. The molecule has 1 atom stereocenters. The molecule has 19 heavy (non-hydrogen) atoms. The zero-order valence-electron chi connectivity index (χ0n) is 12.2. The molecular formula is C15H24ClFN2. The Labute approximate surface area is 120 Å². The molecule has 0 aliphatic heterocycles. The Balaban J connectivity index is 2.59. The molecule has 0 saturated carbocycles. The average molecular weight is 287 g/mol. The minimum atomic E-state index is -0.280. The molecule has 0 amide bonds. The van der Waals surface area contributed by atoms with Crippen LogP contribution in [0.4, 0.5) is 4.39 Å². The summed E-state index contributed by atoms with van der Waals surface area (Å²) in [6.07, 6.45) is 1.10. The van der Waals surface area contributed by atoms with Crippen molar-refractivity contribution in [3.63, 3.8) is 0 Å². The monoisotopic (exact) mass is 286 g/mol. The predicted molar refractivity (Wildman–Crippen MR) is 80.0 cm³/mol. The van der Waals surface area contributed by atoms with E-state index < -0.39 is 0 Å². The van der Waals surface area contributed by atoms with Crippen molar-refractivity contribution in [1.29, 1.82) is 0 Å². The summed E-state index contributed by atoms with van der Waals surface area (Å²) in [6.45, 7) is 6.04. The molecule has 1 rings (SSSR count). The summed E-state index contributed by atoms with van der Waals surface area (Å²) in [6, 6.07) is 5.06. The van der Waals surface area contributed by atoms with Gasteiger partial charge in [0.2, 0.25) is 0 Å². The summed E-state index contributed by atoms with van der Waals surface area (Å²) >= 11 is 5.86. The largest absolute Gasteiger partial charge is 0.309 e. The second-order valence-corrected chi connectivity index (χ2v) is 6.18. The van der Waals surface area contributed by atoms with Gasteiger partial charge < -0.3 is 10.2 Å². The Morgan fingerprint density at radius 2 is 1.95 bits per heavy atom. The maximum absolute atomic E-state index is 13.3. The van der Waals surface area contributed by atoms with Gasteiger partial charge in [-0.05, 0) is 50.2 Å². The van der Waals surface area contributed by atoms with E-state index in [1.54, 1.807) is 6.07 Å². The molecule has 1 aromatic carbocycles. The number of likely N-dealkylation sites (N-methyl/N-ethyl adjacent to an activating group) is 1. The van der Waals surface area contributed by atoms with E-state index >= 15 is 0 Å². The molecule has 1 N–H and O–H groups in total. The van der Waals surface area contributed by atoms with Gasteiger partial charge in [0, 0.05) is 24.2 Å². The molecule has 0 heterocycles. The summed E-state index contributed by atoms with van der Waals surface area (Å²) in [5.41, 5.74) is 0.887. The second kappa shape index (κ2) is 7.83. The third-order valence-electron chi connectivity index (χ3n) is 2.86. The molecule has 1 aromatic rings. The smallest absolute Gasteiger partial charge is 0.125 e. The third-order valence-corrected chi connectivity index (χ3v) is 3.08. The lowest BCUT2D eigenvalue weighted by atomic mass is 10.0. The van der Waals surface area contributed by atoms with Crippen LogP contribution in [0.3, 0.4) is 0 Å². The topological polar surface area (TPSA) is 15.3 Å². The van der Waals surface area contributed by atoms with Crippen LogP contribution in [0.5, 0.6) is 0 Å². The van der Waals surface area contributed by atoms with Gasteiger partial charge >= 0.3 is 0 Å². The number of hydrogen-bond acceptors (Lipinski definition) is 2. The maximum Gasteiger partial charge on any atom is 0.125 e. The van der Waals surface area contributed by atoms with Gasteiger partial charge in [-0.1, -0.05) is 25.4 Å². The molecular weight excluding hydrogens is 263 g/mol. The van der Waals surface area contributed by atoms with Crippen molar-refractivity contribution in [3.05, 3.63) is 34.6 Å². The highest BCUT2D eigenvalue weighted by atomic mass is 35.5. The van der Waals surface area contributed by atoms with Crippen LogP contribution in [0.1, 0.15) is 25.8 Å². The van der Waals surface area contributed by atoms with Crippen LogP contribution in [0.25, 0.3) is 0 Å². The maximum atomic E-state index is 13.3. The van der Waals surface area contributed by atoms with Crippen molar-refractivity contribution in [3.8, 4) is 0 Å². The van der Waals surface area contributed by atoms with E-state index in [0.717, 1.165) is 18.5 Å². The van der Waals surface area contributed by atoms with Gasteiger partial charge in [-0.15, -0.1) is 0 Å². The highest BCUT2D eigenvalue weighted by Gasteiger charge is 2.11. The first-order chi connectivity index (χ1) is 8.86. The van der Waals surface area contributed by atoms with Crippen LogP contribution in [0.15, 0.2) is 18.2 Å². The zero-order valence-corrected chi connectivity index (χ0v) is 13.0. The Kier molecular flexibility index (Phi) is 6.76. The van der Waals surface area contributed by atoms with E-state index in [-0.39, 0.29) is 5.82 Å². The molecule has 0 aliphatic rings. The second-order valence-electron chi connectivity index (χ2n) is 5.75. The van der Waals surface area contributed by atoms with Gasteiger partial charge in [0.15, 0.2) is 0 Å². The number of nitrogens with zero attached hydrogens (tertiary/aromatic N) is 1. The molecule has 0 saturated heterocycles. The molecule has 0 radical (unpaired) electrons. The van der Waals surface area contributed by atoms with Crippen molar-refractivity contribution in [1.82, 2.24) is 10.2 Å². The van der Waals surface area contributed by atoms with E-state index in [1.807, 2.05) is 0 Å². The van der Waals surface area contributed by atoms with Crippen LogP contribution in [0, 0.1) is 11.7 Å². The van der Waals surface area contributed by atoms with E-state index in [2.05, 4.69) is 38.2 Å². The Morgan fingerprint density at radius 3 is 2.47 bits per heavy atom. The molecule has 0 spiro atoms. The third kappa shape index (κ3) is 6.90. The van der Waals surface area contributed by atoms with Gasteiger partial charge in [0.25, 0.3) is 0 Å². The minimum absolute atomic E-state index is 0.280. The molecule has 0 aromatic heterocycles. The molecule has 0 bridgehead atoms. The number of halogens is 2. The Hall–Kier alpha value is -0.640. The van der Waals surface area contributed by atoms with Crippen LogP contribution >= 0.6 is 11.6 Å². The highest BCUT2D eigenvalue weighted by Crippen LogP contribution is 2.14. The first-order valence-electron chi connectivity index (χ1n) is 6.70. The average Bonchev–Trinajstić information content (AvgIpc) is 2.23. The van der Waals surface area contributed by atoms with Gasteiger partial charge in [0.05, 0.1) is 0 Å². The van der Waals surface area contributed by atoms with E-state index in [1.165, 1.54) is 12.1 Å². The van der Waals surface area contributed by atoms with Crippen molar-refractivity contribution in [2.45, 2.75) is 32.9 Å². The summed E-state index contributed by atoms with van der Waals surface area (Å²) in [4.78, 5) is 2.17. The first-order valence-corrected chi connectivity index (χ1v) is 7.07. The molecule has 1 unspecified atom stereocenters. The molecule has 0 aliphatic carbocycles. The standard InChI is InChI=1S/C15H24ClFN2/c1-11(2)5-15(10-19(3)4)18-9-12-6-13(16)8-14(17)7-12/h6-8,11,15,18H,5,9-10H2,1-4H3. The fourth-order valence-electron chi connectivity index (χ4n) is 2.21. The SMILES string of the molecule is CC(C)CC(CN(C)C)NCc1cc(F)cc(Cl)c1. The zero-order chi connectivity index (χ0) is 14.4. The van der Waals surface area contributed by atoms with Crippen molar-refractivity contribution >= 4 is 11.6 Å². The Morgan fingerprint density at radius 1 is 1.26 bits per heavy atom. The van der Waals surface area contributed by atoms with Crippen LogP contribution in [-0.2, 0) is 6.54 Å². The fraction of sp³-hybridized carbons (Fsp3) is 0.600. The lowest BCUT2D eigenvalue weighted by Crippen LogP contribution is -2.38. The lowest BCUT2D eigenvalue weighted by molar-refractivity contribution is 0.305. The molecule has 0 fully saturated rings. The molecule has 4 heteroatoms.